The summed E-state index contributed by atoms with van der Waals surface area (Å²) >= 11 is 3.56. The van der Waals surface area contributed by atoms with Crippen molar-refractivity contribution in [3.8, 4) is 11.5 Å². The first-order valence-corrected chi connectivity index (χ1v) is 10.1. The summed E-state index contributed by atoms with van der Waals surface area (Å²) in [7, 11) is 1.65. The van der Waals surface area contributed by atoms with Gasteiger partial charge in [-0.3, -0.25) is 0 Å². The number of rotatable bonds is 3. The molecule has 0 spiro atoms. The first-order chi connectivity index (χ1) is 14.1. The van der Waals surface area contributed by atoms with E-state index < -0.39 is 6.23 Å². The standard InChI is InChI=1S/C23H18BrFN2O2/c1-28-18-7-3-4-14(11-18)20-13-21-19-12-16(24)8-9-22(19)29-23(27(21)26-20)15-5-2-6-17(25)10-15/h2-12,21,23H,13H2,1H3/t21-,23-/m0/s1. The van der Waals surface area contributed by atoms with Gasteiger partial charge in [-0.05, 0) is 42.5 Å². The van der Waals surface area contributed by atoms with Gasteiger partial charge in [0.05, 0.1) is 18.9 Å². The first-order valence-electron chi connectivity index (χ1n) is 9.34. The highest BCUT2D eigenvalue weighted by atomic mass is 79.9. The topological polar surface area (TPSA) is 34.1 Å². The van der Waals surface area contributed by atoms with Gasteiger partial charge in [0.2, 0.25) is 6.23 Å². The summed E-state index contributed by atoms with van der Waals surface area (Å²) < 4.78 is 26.5. The van der Waals surface area contributed by atoms with E-state index in [0.29, 0.717) is 0 Å². The second-order valence-corrected chi connectivity index (χ2v) is 8.00. The van der Waals surface area contributed by atoms with E-state index in [0.717, 1.165) is 44.8 Å². The lowest BCUT2D eigenvalue weighted by Gasteiger charge is -2.38. The van der Waals surface area contributed by atoms with Crippen LogP contribution in [0.25, 0.3) is 0 Å². The van der Waals surface area contributed by atoms with Crippen molar-refractivity contribution in [3.63, 3.8) is 0 Å². The van der Waals surface area contributed by atoms with E-state index in [1.165, 1.54) is 12.1 Å². The molecule has 0 bridgehead atoms. The molecule has 2 heterocycles. The molecule has 2 aliphatic rings. The number of nitrogens with zero attached hydrogens (tertiary/aromatic N) is 2. The minimum absolute atomic E-state index is 0.00529. The summed E-state index contributed by atoms with van der Waals surface area (Å²) in [5.41, 5.74) is 3.76. The van der Waals surface area contributed by atoms with E-state index >= 15 is 0 Å². The number of benzene rings is 3. The molecule has 0 saturated heterocycles. The van der Waals surface area contributed by atoms with Crippen molar-refractivity contribution < 1.29 is 13.9 Å². The summed E-state index contributed by atoms with van der Waals surface area (Å²) in [6, 6.07) is 20.4. The Morgan fingerprint density at radius 1 is 1.10 bits per heavy atom. The summed E-state index contributed by atoms with van der Waals surface area (Å²) in [5, 5.41) is 6.85. The minimum Gasteiger partial charge on any atom is -0.497 e. The van der Waals surface area contributed by atoms with Crippen molar-refractivity contribution in [2.45, 2.75) is 18.7 Å². The van der Waals surface area contributed by atoms with Gasteiger partial charge in [0.1, 0.15) is 17.3 Å². The van der Waals surface area contributed by atoms with E-state index in [-0.39, 0.29) is 11.9 Å². The van der Waals surface area contributed by atoms with Crippen LogP contribution in [-0.2, 0) is 0 Å². The fraction of sp³-hybridized carbons (Fsp3) is 0.174. The molecule has 146 valence electrons. The third-order valence-electron chi connectivity index (χ3n) is 5.29. The van der Waals surface area contributed by atoms with Crippen molar-refractivity contribution in [3.05, 3.63) is 93.7 Å². The molecule has 0 N–H and O–H groups in total. The van der Waals surface area contributed by atoms with E-state index in [1.54, 1.807) is 13.2 Å². The molecular formula is C23H18BrFN2O2. The highest BCUT2D eigenvalue weighted by Crippen LogP contribution is 2.48. The molecule has 5 rings (SSSR count). The van der Waals surface area contributed by atoms with Crippen LogP contribution in [0.4, 0.5) is 4.39 Å². The Bertz CT molecular complexity index is 1120. The van der Waals surface area contributed by atoms with Crippen molar-refractivity contribution in [1.82, 2.24) is 5.01 Å². The van der Waals surface area contributed by atoms with Crippen molar-refractivity contribution in [2.24, 2.45) is 5.10 Å². The number of hydrazone groups is 1. The highest BCUT2D eigenvalue weighted by molar-refractivity contribution is 9.10. The zero-order chi connectivity index (χ0) is 20.0. The summed E-state index contributed by atoms with van der Waals surface area (Å²) in [5.74, 6) is 1.29. The number of hydrogen-bond acceptors (Lipinski definition) is 4. The minimum atomic E-state index is -0.493. The zero-order valence-electron chi connectivity index (χ0n) is 15.7. The molecule has 4 nitrogen and oxygen atoms in total. The molecule has 0 radical (unpaired) electrons. The van der Waals surface area contributed by atoms with Crippen molar-refractivity contribution in [2.75, 3.05) is 7.11 Å². The SMILES string of the molecule is COc1cccc(C2=NN3[C@@H](C2)c2cc(Br)ccc2O[C@H]3c2cccc(F)c2)c1. The maximum absolute atomic E-state index is 13.9. The van der Waals surface area contributed by atoms with Gasteiger partial charge >= 0.3 is 0 Å². The predicted molar refractivity (Wildman–Crippen MR) is 113 cm³/mol. The maximum atomic E-state index is 13.9. The Morgan fingerprint density at radius 3 is 2.79 bits per heavy atom. The average molecular weight is 453 g/mol. The molecule has 2 aliphatic heterocycles. The number of fused-ring (bicyclic) bond motifs is 3. The van der Waals surface area contributed by atoms with Crippen LogP contribution in [-0.4, -0.2) is 17.8 Å². The van der Waals surface area contributed by atoms with Crippen LogP contribution in [0.1, 0.15) is 35.4 Å². The van der Waals surface area contributed by atoms with E-state index in [4.69, 9.17) is 14.6 Å². The lowest BCUT2D eigenvalue weighted by molar-refractivity contribution is -0.0192. The van der Waals surface area contributed by atoms with Gasteiger partial charge in [-0.2, -0.15) is 5.10 Å². The molecule has 2 atom stereocenters. The van der Waals surface area contributed by atoms with Gasteiger partial charge in [-0.25, -0.2) is 9.40 Å². The Morgan fingerprint density at radius 2 is 1.97 bits per heavy atom. The molecule has 6 heteroatoms. The second kappa shape index (κ2) is 7.19. The molecule has 3 aromatic rings. The lowest BCUT2D eigenvalue weighted by Crippen LogP contribution is -2.33. The smallest absolute Gasteiger partial charge is 0.213 e. The number of hydrogen-bond donors (Lipinski definition) is 0. The van der Waals surface area contributed by atoms with Crippen LogP contribution in [0.15, 0.2) is 76.3 Å². The Kier molecular flexibility index (Phi) is 4.51. The number of halogens is 2. The second-order valence-electron chi connectivity index (χ2n) is 7.09. The highest BCUT2D eigenvalue weighted by Gasteiger charge is 2.41. The monoisotopic (exact) mass is 452 g/mol. The lowest BCUT2D eigenvalue weighted by atomic mass is 9.96. The fourth-order valence-electron chi connectivity index (χ4n) is 3.92. The maximum Gasteiger partial charge on any atom is 0.213 e. The van der Waals surface area contributed by atoms with Gasteiger partial charge in [0, 0.05) is 27.6 Å². The largest absolute Gasteiger partial charge is 0.497 e. The Hall–Kier alpha value is -2.86. The van der Waals surface area contributed by atoms with Gasteiger partial charge in [0.25, 0.3) is 0 Å². The zero-order valence-corrected chi connectivity index (χ0v) is 17.3. The molecule has 0 aromatic heterocycles. The first kappa shape index (κ1) is 18.2. The van der Waals surface area contributed by atoms with E-state index in [1.807, 2.05) is 47.5 Å². The van der Waals surface area contributed by atoms with Crippen molar-refractivity contribution in [1.29, 1.82) is 0 Å². The van der Waals surface area contributed by atoms with Gasteiger partial charge in [-0.15, -0.1) is 0 Å². The van der Waals surface area contributed by atoms with E-state index in [9.17, 15) is 4.39 Å². The van der Waals surface area contributed by atoms with Crippen LogP contribution in [0, 0.1) is 5.82 Å². The van der Waals surface area contributed by atoms with Crippen LogP contribution in [0.2, 0.25) is 0 Å². The third-order valence-corrected chi connectivity index (χ3v) is 5.78. The molecule has 3 aromatic carbocycles. The molecular weight excluding hydrogens is 435 g/mol. The fourth-order valence-corrected chi connectivity index (χ4v) is 4.29. The van der Waals surface area contributed by atoms with Crippen LogP contribution in [0.3, 0.4) is 0 Å². The number of methoxy groups -OCH3 is 1. The summed E-state index contributed by atoms with van der Waals surface area (Å²) in [6.45, 7) is 0. The average Bonchev–Trinajstić information content (AvgIpc) is 3.19. The summed E-state index contributed by atoms with van der Waals surface area (Å²) in [4.78, 5) is 0. The number of ether oxygens (including phenoxy) is 2. The summed E-state index contributed by atoms with van der Waals surface area (Å²) in [6.07, 6.45) is 0.235. The molecule has 0 saturated carbocycles. The van der Waals surface area contributed by atoms with Gasteiger partial charge in [-0.1, -0.05) is 40.2 Å². The van der Waals surface area contributed by atoms with Crippen LogP contribution in [0.5, 0.6) is 11.5 Å². The van der Waals surface area contributed by atoms with Crippen LogP contribution >= 0.6 is 15.9 Å². The van der Waals surface area contributed by atoms with Gasteiger partial charge in [0.15, 0.2) is 0 Å². The molecule has 0 fully saturated rings. The van der Waals surface area contributed by atoms with Gasteiger partial charge < -0.3 is 9.47 Å². The third kappa shape index (κ3) is 3.27. The molecule has 0 unspecified atom stereocenters. The molecule has 0 amide bonds. The van der Waals surface area contributed by atoms with Crippen LogP contribution < -0.4 is 9.47 Å². The quantitative estimate of drug-likeness (QED) is 0.500. The normalized spacial score (nSPS) is 19.8. The van der Waals surface area contributed by atoms with E-state index in [2.05, 4.69) is 22.0 Å². The van der Waals surface area contributed by atoms with Crippen molar-refractivity contribution >= 4 is 21.6 Å². The predicted octanol–water partition coefficient (Wildman–Crippen LogP) is 5.84. The molecule has 0 aliphatic carbocycles. The Labute approximate surface area is 176 Å². The molecule has 29 heavy (non-hydrogen) atoms. The Balaban J connectivity index is 1.60.